The highest BCUT2D eigenvalue weighted by Crippen LogP contribution is 2.30. The first-order valence-electron chi connectivity index (χ1n) is 7.82. The number of benzene rings is 2. The molecule has 1 unspecified atom stereocenters. The predicted molar refractivity (Wildman–Crippen MR) is 87.7 cm³/mol. The summed E-state index contributed by atoms with van der Waals surface area (Å²) in [5.74, 6) is -0.993. The Kier molecular flexibility index (Phi) is 4.69. The smallest absolute Gasteiger partial charge is 0.389 e. The Morgan fingerprint density at radius 1 is 1.00 bits per heavy atom. The summed E-state index contributed by atoms with van der Waals surface area (Å²) >= 11 is 0. The molecule has 1 aliphatic heterocycles. The van der Waals surface area contributed by atoms with Gasteiger partial charge in [-0.05, 0) is 30.3 Å². The molecule has 0 radical (unpaired) electrons. The zero-order valence-electron chi connectivity index (χ0n) is 13.5. The maximum absolute atomic E-state index is 12.7. The van der Waals surface area contributed by atoms with Gasteiger partial charge in [0.25, 0.3) is 11.8 Å². The number of rotatable bonds is 5. The second kappa shape index (κ2) is 6.80. The first-order chi connectivity index (χ1) is 12.3. The van der Waals surface area contributed by atoms with Gasteiger partial charge in [-0.1, -0.05) is 18.2 Å². The Labute approximate surface area is 147 Å². The molecule has 2 aromatic rings. The number of fused-ring (bicyclic) bond motifs is 1. The number of nitrogens with one attached hydrogen (secondary N) is 1. The molecule has 26 heavy (non-hydrogen) atoms. The molecule has 0 spiro atoms. The standard InChI is InChI=1S/C18H15F3N2O3/c19-18(20,21)11-4-3-5-12(8-11)22-9-13(24)10-23-16(25)14-6-1-2-7-15(14)17(23)26/h1-8,13,22,24H,9-10H2. The van der Waals surface area contributed by atoms with Crippen molar-refractivity contribution in [2.24, 2.45) is 0 Å². The van der Waals surface area contributed by atoms with E-state index in [2.05, 4.69) is 5.32 Å². The van der Waals surface area contributed by atoms with E-state index in [-0.39, 0.29) is 29.9 Å². The molecule has 1 atom stereocenters. The topological polar surface area (TPSA) is 69.6 Å². The molecule has 0 fully saturated rings. The van der Waals surface area contributed by atoms with E-state index in [1.54, 1.807) is 12.1 Å². The number of amides is 2. The van der Waals surface area contributed by atoms with E-state index in [1.807, 2.05) is 0 Å². The minimum Gasteiger partial charge on any atom is -0.389 e. The number of anilines is 1. The van der Waals surface area contributed by atoms with Crippen LogP contribution in [-0.2, 0) is 6.18 Å². The maximum atomic E-state index is 12.7. The van der Waals surface area contributed by atoms with Crippen molar-refractivity contribution in [2.75, 3.05) is 18.4 Å². The zero-order valence-corrected chi connectivity index (χ0v) is 13.5. The van der Waals surface area contributed by atoms with Crippen LogP contribution in [0, 0.1) is 0 Å². The molecular formula is C18H15F3N2O3. The molecule has 1 aliphatic rings. The van der Waals surface area contributed by atoms with Gasteiger partial charge in [-0.25, -0.2) is 0 Å². The number of imide groups is 1. The molecule has 2 amide bonds. The highest BCUT2D eigenvalue weighted by molar-refractivity contribution is 6.21. The second-order valence-electron chi connectivity index (χ2n) is 5.88. The molecule has 0 aromatic heterocycles. The van der Waals surface area contributed by atoms with Gasteiger partial charge in [0.2, 0.25) is 0 Å². The van der Waals surface area contributed by atoms with Crippen molar-refractivity contribution in [2.45, 2.75) is 12.3 Å². The summed E-state index contributed by atoms with van der Waals surface area (Å²) in [6, 6.07) is 10.9. The fourth-order valence-electron chi connectivity index (χ4n) is 2.72. The molecule has 3 rings (SSSR count). The number of aliphatic hydroxyl groups is 1. The number of nitrogens with zero attached hydrogens (tertiary/aromatic N) is 1. The lowest BCUT2D eigenvalue weighted by molar-refractivity contribution is -0.137. The summed E-state index contributed by atoms with van der Waals surface area (Å²) in [6.07, 6.45) is -5.59. The highest BCUT2D eigenvalue weighted by atomic mass is 19.4. The number of hydrogen-bond acceptors (Lipinski definition) is 4. The van der Waals surface area contributed by atoms with Crippen LogP contribution in [-0.4, -0.2) is 41.0 Å². The van der Waals surface area contributed by atoms with Gasteiger partial charge >= 0.3 is 6.18 Å². The lowest BCUT2D eigenvalue weighted by Crippen LogP contribution is -2.39. The lowest BCUT2D eigenvalue weighted by atomic mass is 10.1. The third-order valence-electron chi connectivity index (χ3n) is 4.00. The van der Waals surface area contributed by atoms with Gasteiger partial charge in [-0.3, -0.25) is 14.5 Å². The molecule has 0 aliphatic carbocycles. The molecule has 0 saturated carbocycles. The SMILES string of the molecule is O=C1c2ccccc2C(=O)N1CC(O)CNc1cccc(C(F)(F)F)c1. The minimum atomic E-state index is -4.46. The Bertz CT molecular complexity index is 817. The quantitative estimate of drug-likeness (QED) is 0.801. The van der Waals surface area contributed by atoms with Gasteiger partial charge < -0.3 is 10.4 Å². The number of carbonyl (C=O) groups is 2. The van der Waals surface area contributed by atoms with Crippen molar-refractivity contribution in [1.29, 1.82) is 0 Å². The van der Waals surface area contributed by atoms with E-state index in [0.717, 1.165) is 17.0 Å². The third kappa shape index (κ3) is 3.55. The summed E-state index contributed by atoms with van der Waals surface area (Å²) in [7, 11) is 0. The number of hydrogen-bond donors (Lipinski definition) is 2. The summed E-state index contributed by atoms with van der Waals surface area (Å²) < 4.78 is 38.1. The van der Waals surface area contributed by atoms with Crippen LogP contribution in [0.5, 0.6) is 0 Å². The monoisotopic (exact) mass is 364 g/mol. The average molecular weight is 364 g/mol. The van der Waals surface area contributed by atoms with Crippen LogP contribution in [0.1, 0.15) is 26.3 Å². The Balaban J connectivity index is 1.61. The zero-order chi connectivity index (χ0) is 18.9. The molecule has 0 bridgehead atoms. The fraction of sp³-hybridized carbons (Fsp3) is 0.222. The van der Waals surface area contributed by atoms with Gasteiger partial charge in [0.05, 0.1) is 29.3 Å². The molecule has 136 valence electrons. The van der Waals surface area contributed by atoms with Gasteiger partial charge in [-0.2, -0.15) is 13.2 Å². The molecule has 1 heterocycles. The predicted octanol–water partition coefficient (Wildman–Crippen LogP) is 2.77. The Morgan fingerprint density at radius 3 is 2.19 bits per heavy atom. The number of carbonyl (C=O) groups excluding carboxylic acids is 2. The molecule has 2 aromatic carbocycles. The van der Waals surface area contributed by atoms with Gasteiger partial charge in [-0.15, -0.1) is 0 Å². The lowest BCUT2D eigenvalue weighted by Gasteiger charge is -2.19. The molecule has 0 saturated heterocycles. The van der Waals surface area contributed by atoms with Crippen molar-refractivity contribution in [3.8, 4) is 0 Å². The maximum Gasteiger partial charge on any atom is 0.416 e. The van der Waals surface area contributed by atoms with Crippen molar-refractivity contribution >= 4 is 17.5 Å². The number of alkyl halides is 3. The van der Waals surface area contributed by atoms with Crippen LogP contribution in [0.4, 0.5) is 18.9 Å². The van der Waals surface area contributed by atoms with E-state index in [0.29, 0.717) is 0 Å². The van der Waals surface area contributed by atoms with E-state index < -0.39 is 29.7 Å². The normalized spacial score (nSPS) is 15.2. The van der Waals surface area contributed by atoms with Crippen LogP contribution >= 0.6 is 0 Å². The van der Waals surface area contributed by atoms with Crippen LogP contribution < -0.4 is 5.32 Å². The first kappa shape index (κ1) is 17.9. The molecule has 5 nitrogen and oxygen atoms in total. The summed E-state index contributed by atoms with van der Waals surface area (Å²) in [5.41, 5.74) is -0.0790. The summed E-state index contributed by atoms with van der Waals surface area (Å²) in [4.78, 5) is 25.4. The summed E-state index contributed by atoms with van der Waals surface area (Å²) in [5, 5.41) is 12.8. The highest BCUT2D eigenvalue weighted by Gasteiger charge is 2.36. The third-order valence-corrected chi connectivity index (χ3v) is 4.00. The van der Waals surface area contributed by atoms with E-state index in [4.69, 9.17) is 0 Å². The molecular weight excluding hydrogens is 349 g/mol. The van der Waals surface area contributed by atoms with Crippen molar-refractivity contribution in [1.82, 2.24) is 4.90 Å². The first-order valence-corrected chi connectivity index (χ1v) is 7.82. The fourth-order valence-corrected chi connectivity index (χ4v) is 2.72. The van der Waals surface area contributed by atoms with Crippen molar-refractivity contribution in [3.63, 3.8) is 0 Å². The van der Waals surface area contributed by atoms with Crippen LogP contribution in [0.25, 0.3) is 0 Å². The van der Waals surface area contributed by atoms with Gasteiger partial charge in [0, 0.05) is 12.2 Å². The number of aliphatic hydroxyl groups excluding tert-OH is 1. The Morgan fingerprint density at radius 2 is 1.62 bits per heavy atom. The van der Waals surface area contributed by atoms with Crippen LogP contribution in [0.15, 0.2) is 48.5 Å². The van der Waals surface area contributed by atoms with Crippen molar-refractivity contribution in [3.05, 3.63) is 65.2 Å². The number of halogens is 3. The van der Waals surface area contributed by atoms with E-state index in [9.17, 15) is 27.9 Å². The second-order valence-corrected chi connectivity index (χ2v) is 5.88. The van der Waals surface area contributed by atoms with Crippen molar-refractivity contribution < 1.29 is 27.9 Å². The van der Waals surface area contributed by atoms with Gasteiger partial charge in [0.1, 0.15) is 0 Å². The van der Waals surface area contributed by atoms with Gasteiger partial charge in [0.15, 0.2) is 0 Å². The minimum absolute atomic E-state index is 0.116. The average Bonchev–Trinajstić information content (AvgIpc) is 2.85. The Hall–Kier alpha value is -2.87. The number of β-amino-alcohol motifs (C(OH)–C–C–N with tert-alkyl or cyclic N) is 1. The summed E-state index contributed by atoms with van der Waals surface area (Å²) in [6.45, 7) is -0.368. The molecule has 2 N–H and O–H groups in total. The van der Waals surface area contributed by atoms with E-state index >= 15 is 0 Å². The van der Waals surface area contributed by atoms with Crippen LogP contribution in [0.3, 0.4) is 0 Å². The van der Waals surface area contributed by atoms with Crippen LogP contribution in [0.2, 0.25) is 0 Å². The largest absolute Gasteiger partial charge is 0.416 e. The molecule has 8 heteroatoms. The van der Waals surface area contributed by atoms with E-state index in [1.165, 1.54) is 24.3 Å².